The molecule has 1 N–H and O–H groups in total. The highest BCUT2D eigenvalue weighted by Crippen LogP contribution is 2.33. The molecule has 1 aliphatic rings. The van der Waals surface area contributed by atoms with Crippen molar-refractivity contribution in [1.82, 2.24) is 0 Å². The molecule has 0 bridgehead atoms. The van der Waals surface area contributed by atoms with Gasteiger partial charge in [-0.15, -0.1) is 11.3 Å². The molecule has 0 saturated carbocycles. The molecule has 9 heteroatoms. The number of anilines is 2. The van der Waals surface area contributed by atoms with Crippen LogP contribution in [0.1, 0.15) is 45.6 Å². The third kappa shape index (κ3) is 5.00. The lowest BCUT2D eigenvalue weighted by atomic mass is 9.94. The summed E-state index contributed by atoms with van der Waals surface area (Å²) in [5, 5.41) is 1.64. The minimum Gasteiger partial charge on any atom is -0.369 e. The number of ketones is 1. The molecule has 2 heterocycles. The van der Waals surface area contributed by atoms with Crippen molar-refractivity contribution >= 4 is 38.5 Å². The maximum atomic E-state index is 14.9. The highest BCUT2D eigenvalue weighted by molar-refractivity contribution is 7.92. The summed E-state index contributed by atoms with van der Waals surface area (Å²) in [6, 6.07) is 7.47. The van der Waals surface area contributed by atoms with Gasteiger partial charge in [-0.25, -0.2) is 17.2 Å². The Hall–Kier alpha value is -2.78. The fourth-order valence-corrected chi connectivity index (χ4v) is 6.33. The average Bonchev–Trinajstić information content (AvgIpc) is 3.25. The molecule has 1 fully saturated rings. The van der Waals surface area contributed by atoms with E-state index in [1.54, 1.807) is 12.3 Å². The van der Waals surface area contributed by atoms with Crippen molar-refractivity contribution < 1.29 is 22.0 Å². The quantitative estimate of drug-likeness (QED) is 0.409. The summed E-state index contributed by atoms with van der Waals surface area (Å²) in [6.07, 6.45) is 3.18. The average molecular weight is 505 g/mol. The first-order valence-electron chi connectivity index (χ1n) is 11.1. The summed E-state index contributed by atoms with van der Waals surface area (Å²) < 4.78 is 56.0. The zero-order valence-corrected chi connectivity index (χ0v) is 20.7. The van der Waals surface area contributed by atoms with Crippen LogP contribution in [0, 0.1) is 25.5 Å². The summed E-state index contributed by atoms with van der Waals surface area (Å²) in [5.41, 5.74) is 2.92. The number of hydrogen-bond donors (Lipinski definition) is 1. The second-order valence-electron chi connectivity index (χ2n) is 8.50. The highest BCUT2D eigenvalue weighted by atomic mass is 32.2. The van der Waals surface area contributed by atoms with Crippen molar-refractivity contribution in [2.75, 3.05) is 22.7 Å². The van der Waals surface area contributed by atoms with Crippen LogP contribution >= 0.6 is 11.3 Å². The van der Waals surface area contributed by atoms with Gasteiger partial charge in [0, 0.05) is 19.5 Å². The van der Waals surface area contributed by atoms with Gasteiger partial charge in [0.05, 0.1) is 21.1 Å². The first-order valence-corrected chi connectivity index (χ1v) is 13.5. The number of nitrogens with one attached hydrogen (secondary N) is 1. The van der Waals surface area contributed by atoms with Gasteiger partial charge in [-0.3, -0.25) is 9.52 Å². The summed E-state index contributed by atoms with van der Waals surface area (Å²) in [7, 11) is -3.99. The van der Waals surface area contributed by atoms with E-state index in [2.05, 4.69) is 9.62 Å². The topological polar surface area (TPSA) is 66.5 Å². The molecule has 5 nitrogen and oxygen atoms in total. The number of thiophene rings is 1. The number of halogens is 2. The van der Waals surface area contributed by atoms with E-state index in [0.29, 0.717) is 11.3 Å². The van der Waals surface area contributed by atoms with Crippen LogP contribution in [0.15, 0.2) is 46.7 Å². The van der Waals surface area contributed by atoms with E-state index >= 15 is 0 Å². The third-order valence-corrected chi connectivity index (χ3v) is 8.49. The normalized spacial score (nSPS) is 14.3. The van der Waals surface area contributed by atoms with Crippen molar-refractivity contribution in [3.05, 3.63) is 75.0 Å². The molecule has 1 aliphatic heterocycles. The molecular formula is C25H26F2N2O3S2. The zero-order valence-electron chi connectivity index (χ0n) is 19.0. The number of carbonyl (C=O) groups excluding carboxylic acids is 1. The summed E-state index contributed by atoms with van der Waals surface area (Å²) in [6.45, 7) is 5.20. The van der Waals surface area contributed by atoms with Crippen molar-refractivity contribution in [3.8, 4) is 0 Å². The second kappa shape index (κ2) is 9.84. The molecule has 1 saturated heterocycles. The van der Waals surface area contributed by atoms with Crippen LogP contribution in [-0.2, 0) is 16.4 Å². The molecule has 0 aliphatic carbocycles. The van der Waals surface area contributed by atoms with Crippen molar-refractivity contribution in [3.63, 3.8) is 0 Å². The molecule has 4 rings (SSSR count). The van der Waals surface area contributed by atoms with E-state index in [1.807, 2.05) is 6.92 Å². The number of nitrogens with zero attached hydrogens (tertiary/aromatic N) is 1. The van der Waals surface area contributed by atoms with Gasteiger partial charge in [0.1, 0.15) is 11.6 Å². The predicted molar refractivity (Wildman–Crippen MR) is 131 cm³/mol. The lowest BCUT2D eigenvalue weighted by molar-refractivity contribution is 0.0997. The minimum absolute atomic E-state index is 0.0323. The van der Waals surface area contributed by atoms with E-state index in [0.717, 1.165) is 66.9 Å². The lowest BCUT2D eigenvalue weighted by Gasteiger charge is -2.31. The molecule has 3 aromatic rings. The van der Waals surface area contributed by atoms with E-state index in [9.17, 15) is 22.0 Å². The summed E-state index contributed by atoms with van der Waals surface area (Å²) in [5.74, 6) is -1.08. The molecule has 0 atom stereocenters. The minimum atomic E-state index is -3.99. The zero-order chi connectivity index (χ0) is 24.5. The van der Waals surface area contributed by atoms with Crippen LogP contribution in [0.2, 0.25) is 0 Å². The highest BCUT2D eigenvalue weighted by Gasteiger charge is 2.24. The smallest absolute Gasteiger partial charge is 0.261 e. The first-order chi connectivity index (χ1) is 16.2. The Balaban J connectivity index is 1.60. The Bertz CT molecular complexity index is 1310. The number of carbonyl (C=O) groups is 1. The largest absolute Gasteiger partial charge is 0.369 e. The van der Waals surface area contributed by atoms with Crippen LogP contribution in [0.4, 0.5) is 20.2 Å². The van der Waals surface area contributed by atoms with E-state index in [1.165, 1.54) is 24.3 Å². The molecule has 34 heavy (non-hydrogen) atoms. The Morgan fingerprint density at radius 2 is 1.74 bits per heavy atom. The monoisotopic (exact) mass is 504 g/mol. The predicted octanol–water partition coefficient (Wildman–Crippen LogP) is 5.86. The first kappa shape index (κ1) is 24.3. The second-order valence-corrected chi connectivity index (χ2v) is 11.1. The Morgan fingerprint density at radius 3 is 2.41 bits per heavy atom. The standard InChI is InChI=1S/C25H26F2N2O3S2/c1-16-14-21(27)24(29-11-4-3-5-12-29)17(2)20(16)15-23(30)25-22(10-13-33-25)28-34(31,32)19-8-6-18(26)7-9-19/h6-10,13-14,28H,3-5,11-12,15H2,1-2H3. The molecule has 1 aromatic heterocycles. The molecule has 180 valence electrons. The van der Waals surface area contributed by atoms with Crippen molar-refractivity contribution in [2.24, 2.45) is 0 Å². The number of sulfonamides is 1. The van der Waals surface area contributed by atoms with Gasteiger partial charge in [0.15, 0.2) is 5.78 Å². The SMILES string of the molecule is Cc1cc(F)c(N2CCCCC2)c(C)c1CC(=O)c1sccc1NS(=O)(=O)c1ccc(F)cc1. The number of rotatable bonds is 7. The van der Waals surface area contributed by atoms with Crippen molar-refractivity contribution in [2.45, 2.75) is 44.4 Å². The number of Topliss-reactive ketones (excluding diaryl/α,β-unsaturated/α-hetero) is 1. The number of piperidine rings is 1. The third-order valence-electron chi connectivity index (χ3n) is 6.15. The van der Waals surface area contributed by atoms with Crippen LogP contribution in [0.5, 0.6) is 0 Å². The van der Waals surface area contributed by atoms with Crippen LogP contribution in [-0.4, -0.2) is 27.3 Å². The van der Waals surface area contributed by atoms with Crippen LogP contribution in [0.25, 0.3) is 0 Å². The molecule has 0 amide bonds. The van der Waals surface area contributed by atoms with Crippen LogP contribution < -0.4 is 9.62 Å². The summed E-state index contributed by atoms with van der Waals surface area (Å²) in [4.78, 5) is 15.5. The molecule has 0 unspecified atom stereocenters. The van der Waals surface area contributed by atoms with Gasteiger partial charge in [0.25, 0.3) is 10.0 Å². The fraction of sp³-hybridized carbons (Fsp3) is 0.320. The maximum absolute atomic E-state index is 14.9. The van der Waals surface area contributed by atoms with Gasteiger partial charge in [0.2, 0.25) is 0 Å². The van der Waals surface area contributed by atoms with Gasteiger partial charge < -0.3 is 4.90 Å². The Morgan fingerprint density at radius 1 is 1.06 bits per heavy atom. The van der Waals surface area contributed by atoms with E-state index in [-0.39, 0.29) is 33.5 Å². The van der Waals surface area contributed by atoms with E-state index in [4.69, 9.17) is 0 Å². The van der Waals surface area contributed by atoms with Gasteiger partial charge in [-0.2, -0.15) is 0 Å². The number of hydrogen-bond acceptors (Lipinski definition) is 5. The van der Waals surface area contributed by atoms with Crippen LogP contribution in [0.3, 0.4) is 0 Å². The summed E-state index contributed by atoms with van der Waals surface area (Å²) >= 11 is 1.14. The molecule has 0 spiro atoms. The molecular weight excluding hydrogens is 478 g/mol. The molecule has 2 aromatic carbocycles. The maximum Gasteiger partial charge on any atom is 0.261 e. The van der Waals surface area contributed by atoms with Crippen molar-refractivity contribution in [1.29, 1.82) is 0 Å². The lowest BCUT2D eigenvalue weighted by Crippen LogP contribution is -2.31. The van der Waals surface area contributed by atoms with Gasteiger partial charge in [-0.05, 0) is 91.6 Å². The number of aryl methyl sites for hydroxylation is 1. The Labute approximate surface area is 202 Å². The fourth-order valence-electron chi connectivity index (χ4n) is 4.40. The van der Waals surface area contributed by atoms with Gasteiger partial charge in [-0.1, -0.05) is 0 Å². The van der Waals surface area contributed by atoms with Gasteiger partial charge >= 0.3 is 0 Å². The van der Waals surface area contributed by atoms with E-state index < -0.39 is 15.8 Å². The Kier molecular flexibility index (Phi) is 7.04. The molecule has 0 radical (unpaired) electrons. The number of benzene rings is 2.